The summed E-state index contributed by atoms with van der Waals surface area (Å²) in [5.41, 5.74) is -5.29. The number of aliphatic carboxylic acids is 1. The number of carbonyl (C=O) groups is 2. The molecule has 6 nitrogen and oxygen atoms in total. The molecule has 0 fully saturated rings. The van der Waals surface area contributed by atoms with Crippen molar-refractivity contribution in [2.75, 3.05) is 6.54 Å². The van der Waals surface area contributed by atoms with Crippen molar-refractivity contribution in [3.63, 3.8) is 0 Å². The van der Waals surface area contributed by atoms with Crippen molar-refractivity contribution >= 4 is 33.3 Å². The van der Waals surface area contributed by atoms with E-state index in [2.05, 4.69) is 0 Å². The van der Waals surface area contributed by atoms with Crippen LogP contribution in [-0.2, 0) is 17.1 Å². The van der Waals surface area contributed by atoms with E-state index in [1.165, 1.54) is 0 Å². The van der Waals surface area contributed by atoms with Crippen LogP contribution in [0.15, 0.2) is 41.2 Å². The summed E-state index contributed by atoms with van der Waals surface area (Å²) in [4.78, 5) is 35.2. The summed E-state index contributed by atoms with van der Waals surface area (Å²) in [5.74, 6) is -2.56. The predicted octanol–water partition coefficient (Wildman–Crippen LogP) is 4.49. The maximum Gasteiger partial charge on any atom is 0.416 e. The SMILES string of the molecule is O=C(O)CNC(=O)c1c(O)sc2cc(-c3cc(C(F)(F)F)cc(C(F)(F)F)c3)ccc2c1=O. The van der Waals surface area contributed by atoms with E-state index in [4.69, 9.17) is 5.11 Å². The first-order valence-electron chi connectivity index (χ1n) is 8.78. The first-order valence-corrected chi connectivity index (χ1v) is 9.60. The van der Waals surface area contributed by atoms with Crippen LogP contribution in [0.1, 0.15) is 21.5 Å². The number of fused-ring (bicyclic) bond motifs is 1. The highest BCUT2D eigenvalue weighted by atomic mass is 32.1. The van der Waals surface area contributed by atoms with Gasteiger partial charge in [0, 0.05) is 10.1 Å². The third-order valence-corrected chi connectivity index (χ3v) is 5.38. The average molecular weight is 491 g/mol. The largest absolute Gasteiger partial charge is 0.499 e. The average Bonchev–Trinajstić information content (AvgIpc) is 2.70. The molecule has 0 spiro atoms. The second kappa shape index (κ2) is 8.39. The molecule has 13 heteroatoms. The maximum atomic E-state index is 13.1. The Kier molecular flexibility index (Phi) is 6.11. The lowest BCUT2D eigenvalue weighted by atomic mass is 9.98. The number of hydrogen-bond acceptors (Lipinski definition) is 5. The Labute approximate surface area is 183 Å². The minimum absolute atomic E-state index is 0.0171. The predicted molar refractivity (Wildman–Crippen MR) is 105 cm³/mol. The lowest BCUT2D eigenvalue weighted by molar-refractivity contribution is -0.143. The normalized spacial score (nSPS) is 12.1. The van der Waals surface area contributed by atoms with Crippen molar-refractivity contribution < 1.29 is 46.1 Å². The molecule has 0 radical (unpaired) electrons. The molecular formula is C20H11F6NO5S. The van der Waals surface area contributed by atoms with Gasteiger partial charge < -0.3 is 15.5 Å². The number of carboxylic acid groups (broad SMARTS) is 1. The number of benzene rings is 2. The number of alkyl halides is 6. The van der Waals surface area contributed by atoms with E-state index in [1.54, 1.807) is 0 Å². The van der Waals surface area contributed by atoms with Gasteiger partial charge in [0.25, 0.3) is 5.91 Å². The minimum atomic E-state index is -5.05. The van der Waals surface area contributed by atoms with Gasteiger partial charge in [0.05, 0.1) is 11.1 Å². The van der Waals surface area contributed by atoms with Gasteiger partial charge in [-0.3, -0.25) is 14.4 Å². The quantitative estimate of drug-likeness (QED) is 0.467. The number of hydrogen-bond donors (Lipinski definition) is 3. The number of carbonyl (C=O) groups excluding carboxylic acids is 1. The van der Waals surface area contributed by atoms with Gasteiger partial charge in [-0.2, -0.15) is 26.3 Å². The lowest BCUT2D eigenvalue weighted by Crippen LogP contribution is -2.32. The molecule has 1 aromatic heterocycles. The maximum absolute atomic E-state index is 13.1. The van der Waals surface area contributed by atoms with Gasteiger partial charge in [-0.05, 0) is 41.5 Å². The molecule has 174 valence electrons. The number of aromatic hydroxyl groups is 1. The number of amides is 1. The Hall–Kier alpha value is -3.61. The molecule has 0 atom stereocenters. The minimum Gasteiger partial charge on any atom is -0.499 e. The first-order chi connectivity index (χ1) is 15.2. The molecule has 0 unspecified atom stereocenters. The molecule has 0 aliphatic rings. The van der Waals surface area contributed by atoms with Gasteiger partial charge in [-0.15, -0.1) is 0 Å². The zero-order chi connectivity index (χ0) is 24.7. The summed E-state index contributed by atoms with van der Waals surface area (Å²) in [7, 11) is 0. The van der Waals surface area contributed by atoms with Gasteiger partial charge >= 0.3 is 18.3 Å². The fourth-order valence-electron chi connectivity index (χ4n) is 2.93. The Morgan fingerprint density at radius 3 is 2.00 bits per heavy atom. The highest BCUT2D eigenvalue weighted by Gasteiger charge is 2.37. The van der Waals surface area contributed by atoms with E-state index in [-0.39, 0.29) is 21.7 Å². The summed E-state index contributed by atoms with van der Waals surface area (Å²) >= 11 is 0.476. The van der Waals surface area contributed by atoms with Crippen LogP contribution in [0, 0.1) is 0 Å². The molecule has 0 aliphatic carbocycles. The van der Waals surface area contributed by atoms with Crippen LogP contribution in [0.2, 0.25) is 0 Å². The van der Waals surface area contributed by atoms with E-state index in [1.807, 2.05) is 5.32 Å². The highest BCUT2D eigenvalue weighted by molar-refractivity contribution is 7.20. The summed E-state index contributed by atoms with van der Waals surface area (Å²) in [6, 6.07) is 4.32. The Bertz CT molecular complexity index is 1300. The molecule has 0 saturated heterocycles. The highest BCUT2D eigenvalue weighted by Crippen LogP contribution is 2.39. The fourth-order valence-corrected chi connectivity index (χ4v) is 3.88. The molecule has 3 N–H and O–H groups in total. The first kappa shape index (κ1) is 24.0. The smallest absolute Gasteiger partial charge is 0.416 e. The summed E-state index contributed by atoms with van der Waals surface area (Å²) in [6.07, 6.45) is -10.1. The summed E-state index contributed by atoms with van der Waals surface area (Å²) in [5, 5.41) is 19.7. The third-order valence-electron chi connectivity index (χ3n) is 4.42. The van der Waals surface area contributed by atoms with Crippen LogP contribution in [-0.4, -0.2) is 28.6 Å². The zero-order valence-electron chi connectivity index (χ0n) is 16.0. The molecule has 2 aromatic carbocycles. The molecule has 3 aromatic rings. The van der Waals surface area contributed by atoms with Crippen molar-refractivity contribution in [3.8, 4) is 16.2 Å². The Morgan fingerprint density at radius 1 is 0.909 bits per heavy atom. The molecular weight excluding hydrogens is 480 g/mol. The zero-order valence-corrected chi connectivity index (χ0v) is 16.8. The van der Waals surface area contributed by atoms with Gasteiger partial charge in [0.1, 0.15) is 12.1 Å². The van der Waals surface area contributed by atoms with Crippen LogP contribution in [0.3, 0.4) is 0 Å². The number of halogens is 6. The summed E-state index contributed by atoms with van der Waals surface area (Å²) in [6.45, 7) is -0.823. The van der Waals surface area contributed by atoms with Crippen molar-refractivity contribution in [2.24, 2.45) is 0 Å². The molecule has 3 rings (SSSR count). The van der Waals surface area contributed by atoms with Crippen LogP contribution in [0.5, 0.6) is 5.06 Å². The van der Waals surface area contributed by atoms with Crippen LogP contribution in [0.4, 0.5) is 26.3 Å². The Balaban J connectivity index is 2.15. The fraction of sp³-hybridized carbons (Fsp3) is 0.150. The van der Waals surface area contributed by atoms with Crippen LogP contribution in [0.25, 0.3) is 21.2 Å². The van der Waals surface area contributed by atoms with Crippen molar-refractivity contribution in [3.05, 3.63) is 63.3 Å². The van der Waals surface area contributed by atoms with E-state index < -0.39 is 63.5 Å². The van der Waals surface area contributed by atoms with Crippen molar-refractivity contribution in [1.82, 2.24) is 5.32 Å². The number of carboxylic acids is 1. The van der Waals surface area contributed by atoms with Crippen molar-refractivity contribution in [1.29, 1.82) is 0 Å². The molecule has 0 bridgehead atoms. The van der Waals surface area contributed by atoms with Crippen LogP contribution >= 0.6 is 11.3 Å². The van der Waals surface area contributed by atoms with Gasteiger partial charge in [0.2, 0.25) is 5.43 Å². The third kappa shape index (κ3) is 5.08. The van der Waals surface area contributed by atoms with E-state index >= 15 is 0 Å². The van der Waals surface area contributed by atoms with Crippen molar-refractivity contribution in [2.45, 2.75) is 12.4 Å². The van der Waals surface area contributed by atoms with E-state index in [0.29, 0.717) is 23.5 Å². The van der Waals surface area contributed by atoms with Gasteiger partial charge in [0.15, 0.2) is 5.06 Å². The molecule has 33 heavy (non-hydrogen) atoms. The molecule has 0 saturated carbocycles. The molecule has 1 amide bonds. The Morgan fingerprint density at radius 2 is 1.48 bits per heavy atom. The lowest BCUT2D eigenvalue weighted by Gasteiger charge is -2.14. The number of rotatable bonds is 4. The van der Waals surface area contributed by atoms with Gasteiger partial charge in [-0.1, -0.05) is 17.4 Å². The molecule has 0 aliphatic heterocycles. The summed E-state index contributed by atoms with van der Waals surface area (Å²) < 4.78 is 78.8. The second-order valence-corrected chi connectivity index (χ2v) is 7.72. The van der Waals surface area contributed by atoms with E-state index in [9.17, 15) is 45.8 Å². The standard InChI is InChI=1S/C20H11F6NO5S/c21-19(22,23)10-3-9(4-11(6-10)20(24,25)26)8-1-2-12-13(5-8)33-18(32)15(16(12)30)17(31)27-7-14(28)29/h1-6,32H,7H2,(H,27,31)(H,28,29). The van der Waals surface area contributed by atoms with Gasteiger partial charge in [-0.25, -0.2) is 0 Å². The van der Waals surface area contributed by atoms with Crippen LogP contribution < -0.4 is 10.7 Å². The van der Waals surface area contributed by atoms with E-state index in [0.717, 1.165) is 18.2 Å². The molecule has 1 heterocycles. The topological polar surface area (TPSA) is 104 Å². The number of nitrogens with one attached hydrogen (secondary N) is 1. The monoisotopic (exact) mass is 491 g/mol. The second-order valence-electron chi connectivity index (χ2n) is 6.69.